The molecule has 2 aromatic heterocycles. The maximum Gasteiger partial charge on any atom is 0.0714 e. The molecule has 0 N–H and O–H groups in total. The van der Waals surface area contributed by atoms with E-state index in [4.69, 9.17) is 0 Å². The van der Waals surface area contributed by atoms with Crippen LogP contribution in [0.1, 0.15) is 22.3 Å². The second-order valence-corrected chi connectivity index (χ2v) is 18.9. The molecule has 0 aliphatic heterocycles. The molecule has 13 aromatic rings. The van der Waals surface area contributed by atoms with Crippen LogP contribution in [0.3, 0.4) is 0 Å². The van der Waals surface area contributed by atoms with Gasteiger partial charge in [0.1, 0.15) is 0 Å². The third-order valence-corrected chi connectivity index (χ3v) is 15.0. The summed E-state index contributed by atoms with van der Waals surface area (Å²) in [6.45, 7) is 0. The Morgan fingerprint density at radius 2 is 0.806 bits per heavy atom. The number of rotatable bonds is 9. The fourth-order valence-corrected chi connectivity index (χ4v) is 11.8. The lowest BCUT2D eigenvalue weighted by Gasteiger charge is -2.35. The summed E-state index contributed by atoms with van der Waals surface area (Å²) >= 11 is 0. The minimum absolute atomic E-state index is 0.517. The monoisotopic (exact) mass is 917 g/mol. The molecule has 0 amide bonds. The van der Waals surface area contributed by atoms with Crippen LogP contribution in [0.5, 0.6) is 0 Å². The lowest BCUT2D eigenvalue weighted by molar-refractivity contribution is 0.768. The molecule has 0 spiro atoms. The van der Waals surface area contributed by atoms with E-state index in [1.165, 1.54) is 82.8 Å². The van der Waals surface area contributed by atoms with Gasteiger partial charge < -0.3 is 14.0 Å². The van der Waals surface area contributed by atoms with Crippen LogP contribution in [0, 0.1) is 0 Å². The van der Waals surface area contributed by atoms with Gasteiger partial charge in [0.2, 0.25) is 0 Å². The Labute approximate surface area is 419 Å². The van der Waals surface area contributed by atoms with E-state index in [9.17, 15) is 0 Å². The molecule has 0 atom stereocenters. The summed E-state index contributed by atoms with van der Waals surface area (Å²) in [5.74, 6) is 0. The Bertz CT molecular complexity index is 4060. The Morgan fingerprint density at radius 3 is 1.46 bits per heavy atom. The number of para-hydroxylation sites is 2. The Hall–Kier alpha value is -9.44. The average molecular weight is 918 g/mol. The second kappa shape index (κ2) is 16.9. The van der Waals surface area contributed by atoms with E-state index >= 15 is 0 Å². The van der Waals surface area contributed by atoms with Gasteiger partial charge in [0.05, 0.1) is 22.0 Å². The highest BCUT2D eigenvalue weighted by molar-refractivity contribution is 6.19. The normalized spacial score (nSPS) is 12.6. The van der Waals surface area contributed by atoms with Crippen LogP contribution < -0.4 is 4.90 Å². The van der Waals surface area contributed by atoms with Crippen LogP contribution in [0.15, 0.2) is 285 Å². The Kier molecular flexibility index (Phi) is 9.75. The third kappa shape index (κ3) is 6.52. The van der Waals surface area contributed by atoms with Crippen LogP contribution >= 0.6 is 0 Å². The highest BCUT2D eigenvalue weighted by Gasteiger charge is 2.46. The van der Waals surface area contributed by atoms with Gasteiger partial charge in [-0.15, -0.1) is 0 Å². The first kappa shape index (κ1) is 41.5. The topological polar surface area (TPSA) is 13.1 Å². The lowest BCUT2D eigenvalue weighted by Crippen LogP contribution is -2.28. The summed E-state index contributed by atoms with van der Waals surface area (Å²) in [6.07, 6.45) is 2.20. The number of nitrogens with zero attached hydrogens (tertiary/aromatic N) is 3. The van der Waals surface area contributed by atoms with E-state index in [0.29, 0.717) is 0 Å². The van der Waals surface area contributed by atoms with E-state index < -0.39 is 5.41 Å². The van der Waals surface area contributed by atoms with Gasteiger partial charge >= 0.3 is 0 Å². The quantitative estimate of drug-likeness (QED) is 0.141. The molecule has 0 unspecified atom stereocenters. The van der Waals surface area contributed by atoms with Gasteiger partial charge in [0.25, 0.3) is 0 Å². The Morgan fingerprint density at radius 1 is 0.306 bits per heavy atom. The van der Waals surface area contributed by atoms with Crippen molar-refractivity contribution in [1.29, 1.82) is 0 Å². The molecule has 1 aliphatic rings. The second-order valence-electron chi connectivity index (χ2n) is 18.9. The maximum atomic E-state index is 2.45. The lowest BCUT2D eigenvalue weighted by atomic mass is 9.67. The molecule has 0 saturated carbocycles. The zero-order valence-electron chi connectivity index (χ0n) is 39.5. The first-order chi connectivity index (χ1) is 35.7. The molecule has 14 rings (SSSR count). The van der Waals surface area contributed by atoms with Gasteiger partial charge in [-0.05, 0) is 141 Å². The molecule has 0 radical (unpaired) electrons. The number of fused-ring (bicyclic) bond motifs is 8. The van der Waals surface area contributed by atoms with Crippen molar-refractivity contribution in [3.63, 3.8) is 0 Å². The first-order valence-electron chi connectivity index (χ1n) is 24.8. The molecule has 0 saturated heterocycles. The largest absolute Gasteiger partial charge is 0.316 e. The standard InChI is InChI=1S/C69H47N3/c1-6-18-48(19-7-1)49-30-35-56(36-31-49)71(58-39-40-60-59-28-16-17-29-64(59)69(65(60)47-58,52-20-8-2-9-21-52)53-22-10-3-11-23-53)57-37-32-50(33-38-57)51-34-42-67-63(46-51)61-41-43-66-62(44-45-70(66)54-24-12-4-13-25-54)68(61)72(67)55-26-14-5-15-27-55/h1-47H. The third-order valence-electron chi connectivity index (χ3n) is 15.0. The van der Waals surface area contributed by atoms with Gasteiger partial charge in [-0.1, -0.05) is 194 Å². The van der Waals surface area contributed by atoms with Gasteiger partial charge in [-0.3, -0.25) is 0 Å². The van der Waals surface area contributed by atoms with Crippen molar-refractivity contribution >= 4 is 49.8 Å². The van der Waals surface area contributed by atoms with Crippen molar-refractivity contribution in [2.24, 2.45) is 0 Å². The Balaban J connectivity index is 0.918. The van der Waals surface area contributed by atoms with Crippen LogP contribution in [-0.2, 0) is 5.41 Å². The van der Waals surface area contributed by atoms with E-state index in [2.05, 4.69) is 299 Å². The zero-order valence-corrected chi connectivity index (χ0v) is 39.5. The van der Waals surface area contributed by atoms with Crippen molar-refractivity contribution in [3.8, 4) is 44.8 Å². The summed E-state index contributed by atoms with van der Waals surface area (Å²) in [6, 6.07) is 102. The predicted molar refractivity (Wildman–Crippen MR) is 300 cm³/mol. The van der Waals surface area contributed by atoms with Crippen molar-refractivity contribution in [2.45, 2.75) is 5.41 Å². The first-order valence-corrected chi connectivity index (χ1v) is 24.8. The summed E-state index contributed by atoms with van der Waals surface area (Å²) in [4.78, 5) is 2.42. The van der Waals surface area contributed by atoms with Crippen LogP contribution in [-0.4, -0.2) is 9.13 Å². The molecular weight excluding hydrogens is 871 g/mol. The number of aromatic nitrogens is 2. The van der Waals surface area contributed by atoms with Gasteiger partial charge in [0, 0.05) is 50.8 Å². The molecule has 1 aliphatic carbocycles. The van der Waals surface area contributed by atoms with Crippen molar-refractivity contribution in [1.82, 2.24) is 9.13 Å². The SMILES string of the molecule is c1ccc(-c2ccc(N(c3ccc(-c4ccc5c(c4)c4ccc6c(ccn6-c6ccccc6)c4n5-c4ccccc4)cc3)c3ccc4c(c3)C(c3ccccc3)(c3ccccc3)c3ccccc3-4)cc2)cc1. The van der Waals surface area contributed by atoms with Gasteiger partial charge in [0.15, 0.2) is 0 Å². The molecule has 0 bridgehead atoms. The van der Waals surface area contributed by atoms with Crippen LogP contribution in [0.4, 0.5) is 17.1 Å². The molecule has 72 heavy (non-hydrogen) atoms. The minimum atomic E-state index is -0.517. The smallest absolute Gasteiger partial charge is 0.0714 e. The molecule has 0 fully saturated rings. The van der Waals surface area contributed by atoms with E-state index in [0.717, 1.165) is 34.0 Å². The average Bonchev–Trinajstić information content (AvgIpc) is 4.14. The molecule has 3 heteroatoms. The number of benzene rings is 11. The summed E-state index contributed by atoms with van der Waals surface area (Å²) < 4.78 is 4.73. The highest BCUT2D eigenvalue weighted by atomic mass is 15.1. The van der Waals surface area contributed by atoms with Gasteiger partial charge in [-0.25, -0.2) is 0 Å². The molecule has 2 heterocycles. The van der Waals surface area contributed by atoms with Crippen LogP contribution in [0.25, 0.3) is 77.5 Å². The molecule has 3 nitrogen and oxygen atoms in total. The fourth-order valence-electron chi connectivity index (χ4n) is 11.8. The maximum absolute atomic E-state index is 2.45. The van der Waals surface area contributed by atoms with Gasteiger partial charge in [-0.2, -0.15) is 0 Å². The van der Waals surface area contributed by atoms with Crippen LogP contribution in [0.2, 0.25) is 0 Å². The zero-order chi connectivity index (χ0) is 47.6. The summed E-state index contributed by atoms with van der Waals surface area (Å²) in [5, 5.41) is 3.68. The van der Waals surface area contributed by atoms with Crippen molar-refractivity contribution in [2.75, 3.05) is 4.90 Å². The summed E-state index contributed by atoms with van der Waals surface area (Å²) in [5.41, 5.74) is 21.0. The number of hydrogen-bond acceptors (Lipinski definition) is 1. The fraction of sp³-hybridized carbons (Fsp3) is 0.0145. The van der Waals surface area contributed by atoms with E-state index in [1.54, 1.807) is 0 Å². The molecular formula is C69H47N3. The number of anilines is 3. The van der Waals surface area contributed by atoms with E-state index in [-0.39, 0.29) is 0 Å². The molecule has 338 valence electrons. The van der Waals surface area contributed by atoms with Crippen molar-refractivity contribution < 1.29 is 0 Å². The number of hydrogen-bond donors (Lipinski definition) is 0. The summed E-state index contributed by atoms with van der Waals surface area (Å²) in [7, 11) is 0. The molecule has 11 aromatic carbocycles. The van der Waals surface area contributed by atoms with Crippen molar-refractivity contribution in [3.05, 3.63) is 308 Å². The van der Waals surface area contributed by atoms with E-state index in [1.807, 2.05) is 0 Å². The minimum Gasteiger partial charge on any atom is -0.316 e. The highest BCUT2D eigenvalue weighted by Crippen LogP contribution is 2.57. The predicted octanol–water partition coefficient (Wildman–Crippen LogP) is 17.9.